The highest BCUT2D eigenvalue weighted by Gasteiger charge is 2.45. The topological polar surface area (TPSA) is 55.8 Å². The first-order chi connectivity index (χ1) is 13.6. The minimum Gasteiger partial charge on any atom is -0.379 e. The number of piperidine rings is 1. The van der Waals surface area contributed by atoms with Gasteiger partial charge in [-0.3, -0.25) is 9.69 Å². The van der Waals surface area contributed by atoms with Crippen molar-refractivity contribution in [3.63, 3.8) is 0 Å². The zero-order chi connectivity index (χ0) is 19.5. The molecule has 4 rings (SSSR count). The number of rotatable bonds is 8. The first kappa shape index (κ1) is 19.9. The summed E-state index contributed by atoms with van der Waals surface area (Å²) < 4.78 is 0. The molecule has 2 N–H and O–H groups in total. The summed E-state index contributed by atoms with van der Waals surface area (Å²) in [6.07, 6.45) is 8.42. The molecule has 3 heterocycles. The monoisotopic (exact) mass is 385 g/mol. The number of hydrogen-bond acceptors (Lipinski definition) is 4. The molecule has 3 aliphatic rings. The summed E-state index contributed by atoms with van der Waals surface area (Å²) in [5.74, 6) is -0.0773. The number of aliphatic hydroxyl groups is 1. The van der Waals surface area contributed by atoms with E-state index in [0.29, 0.717) is 13.0 Å². The van der Waals surface area contributed by atoms with Crippen LogP contribution in [-0.4, -0.2) is 71.2 Å². The Morgan fingerprint density at radius 2 is 1.68 bits per heavy atom. The van der Waals surface area contributed by atoms with Crippen LogP contribution in [0.5, 0.6) is 0 Å². The van der Waals surface area contributed by atoms with Crippen molar-refractivity contribution >= 4 is 5.91 Å². The molecule has 3 fully saturated rings. The van der Waals surface area contributed by atoms with E-state index >= 15 is 0 Å². The highest BCUT2D eigenvalue weighted by atomic mass is 16.3. The summed E-state index contributed by atoms with van der Waals surface area (Å²) in [5, 5.41) is 14.6. The van der Waals surface area contributed by atoms with Crippen molar-refractivity contribution in [1.82, 2.24) is 15.1 Å². The lowest BCUT2D eigenvalue weighted by Gasteiger charge is -2.39. The van der Waals surface area contributed by atoms with Gasteiger partial charge in [-0.05, 0) is 70.0 Å². The molecule has 28 heavy (non-hydrogen) atoms. The molecule has 3 aliphatic heterocycles. The van der Waals surface area contributed by atoms with Crippen molar-refractivity contribution in [1.29, 1.82) is 0 Å². The molecule has 5 nitrogen and oxygen atoms in total. The summed E-state index contributed by atoms with van der Waals surface area (Å²) in [7, 11) is 0. The Morgan fingerprint density at radius 1 is 0.964 bits per heavy atom. The third-order valence-corrected chi connectivity index (χ3v) is 7.12. The number of amides is 1. The molecule has 0 bridgehead atoms. The maximum atomic E-state index is 13.0. The van der Waals surface area contributed by atoms with Gasteiger partial charge in [0, 0.05) is 31.7 Å². The largest absolute Gasteiger partial charge is 0.379 e. The standard InChI is InChI=1S/C23H35N3O2/c27-21-23(28,19-24-18-22-11-5-16-26(22)17-6-12-22)13-7-15-25(21)14-4-10-20-8-2-1-3-9-20/h1-3,8-9,24,28H,4-7,10-19H2. The second-order valence-corrected chi connectivity index (χ2v) is 9.04. The first-order valence-electron chi connectivity index (χ1n) is 11.1. The SMILES string of the molecule is O=C1N(CCCc2ccccc2)CCCC1(O)CNCC12CCCN1CCC2. The van der Waals surface area contributed by atoms with Gasteiger partial charge in [0.2, 0.25) is 0 Å². The number of aryl methyl sites for hydroxylation is 1. The molecule has 1 amide bonds. The summed E-state index contributed by atoms with van der Waals surface area (Å²) in [4.78, 5) is 17.5. The number of nitrogens with zero attached hydrogens (tertiary/aromatic N) is 2. The Morgan fingerprint density at radius 3 is 2.43 bits per heavy atom. The van der Waals surface area contributed by atoms with Gasteiger partial charge in [-0.15, -0.1) is 0 Å². The average Bonchev–Trinajstić information content (AvgIpc) is 3.26. The van der Waals surface area contributed by atoms with E-state index in [4.69, 9.17) is 0 Å². The Bertz CT molecular complexity index is 655. The second kappa shape index (κ2) is 8.52. The minimum atomic E-state index is -1.23. The number of likely N-dealkylation sites (tertiary alicyclic amines) is 1. The van der Waals surface area contributed by atoms with E-state index in [1.165, 1.54) is 44.3 Å². The fourth-order valence-corrected chi connectivity index (χ4v) is 5.58. The van der Waals surface area contributed by atoms with E-state index < -0.39 is 5.60 Å². The van der Waals surface area contributed by atoms with Gasteiger partial charge >= 0.3 is 0 Å². The van der Waals surface area contributed by atoms with Crippen LogP contribution < -0.4 is 5.32 Å². The van der Waals surface area contributed by atoms with E-state index in [9.17, 15) is 9.90 Å². The quantitative estimate of drug-likeness (QED) is 0.720. The zero-order valence-corrected chi connectivity index (χ0v) is 17.0. The molecule has 0 aromatic heterocycles. The van der Waals surface area contributed by atoms with Gasteiger partial charge in [-0.2, -0.15) is 0 Å². The molecule has 1 aromatic carbocycles. The lowest BCUT2D eigenvalue weighted by atomic mass is 9.90. The number of carbonyl (C=O) groups is 1. The number of benzene rings is 1. The molecule has 154 valence electrons. The van der Waals surface area contributed by atoms with E-state index in [1.807, 2.05) is 11.0 Å². The number of fused-ring (bicyclic) bond motifs is 1. The van der Waals surface area contributed by atoms with E-state index in [0.717, 1.165) is 38.9 Å². The van der Waals surface area contributed by atoms with Crippen LogP contribution in [0.2, 0.25) is 0 Å². The van der Waals surface area contributed by atoms with E-state index in [-0.39, 0.29) is 11.4 Å². The molecule has 0 spiro atoms. The number of hydrogen-bond donors (Lipinski definition) is 2. The van der Waals surface area contributed by atoms with Crippen LogP contribution in [0.4, 0.5) is 0 Å². The number of nitrogens with one attached hydrogen (secondary N) is 1. The van der Waals surface area contributed by atoms with Gasteiger partial charge in [0.05, 0.1) is 0 Å². The molecule has 1 atom stereocenters. The van der Waals surface area contributed by atoms with Gasteiger partial charge in [0.15, 0.2) is 5.60 Å². The summed E-state index contributed by atoms with van der Waals surface area (Å²) in [5.41, 5.74) is 0.355. The third-order valence-electron chi connectivity index (χ3n) is 7.12. The van der Waals surface area contributed by atoms with Gasteiger partial charge < -0.3 is 15.3 Å². The van der Waals surface area contributed by atoms with Gasteiger partial charge in [0.25, 0.3) is 5.91 Å². The predicted molar refractivity (Wildman–Crippen MR) is 111 cm³/mol. The van der Waals surface area contributed by atoms with E-state index in [2.05, 4.69) is 34.5 Å². The van der Waals surface area contributed by atoms with E-state index in [1.54, 1.807) is 0 Å². The average molecular weight is 386 g/mol. The van der Waals surface area contributed by atoms with Crippen LogP contribution >= 0.6 is 0 Å². The lowest BCUT2D eigenvalue weighted by Crippen LogP contribution is -2.59. The molecule has 1 aromatic rings. The Labute approximate surface area is 169 Å². The highest BCUT2D eigenvalue weighted by molar-refractivity contribution is 5.86. The molecule has 0 aliphatic carbocycles. The summed E-state index contributed by atoms with van der Waals surface area (Å²) in [6.45, 7) is 5.20. The molecule has 3 saturated heterocycles. The molecule has 0 radical (unpaired) electrons. The van der Waals surface area contributed by atoms with Crippen molar-refractivity contribution < 1.29 is 9.90 Å². The van der Waals surface area contributed by atoms with Crippen LogP contribution in [-0.2, 0) is 11.2 Å². The first-order valence-corrected chi connectivity index (χ1v) is 11.1. The molecule has 0 saturated carbocycles. The van der Waals surface area contributed by atoms with Crippen LogP contribution in [0, 0.1) is 0 Å². The van der Waals surface area contributed by atoms with Crippen LogP contribution in [0.25, 0.3) is 0 Å². The highest BCUT2D eigenvalue weighted by Crippen LogP contribution is 2.38. The van der Waals surface area contributed by atoms with Crippen molar-refractivity contribution in [2.45, 2.75) is 62.5 Å². The smallest absolute Gasteiger partial charge is 0.255 e. The van der Waals surface area contributed by atoms with Crippen molar-refractivity contribution in [3.8, 4) is 0 Å². The summed E-state index contributed by atoms with van der Waals surface area (Å²) in [6, 6.07) is 10.4. The molecule has 5 heteroatoms. The van der Waals surface area contributed by atoms with Crippen LogP contribution in [0.3, 0.4) is 0 Å². The molecular formula is C23H35N3O2. The second-order valence-electron chi connectivity index (χ2n) is 9.04. The third kappa shape index (κ3) is 4.12. The van der Waals surface area contributed by atoms with Crippen molar-refractivity contribution in [2.24, 2.45) is 0 Å². The van der Waals surface area contributed by atoms with Gasteiger partial charge in [-0.25, -0.2) is 0 Å². The Hall–Kier alpha value is -1.43. The predicted octanol–water partition coefficient (Wildman–Crippen LogP) is 2.19. The molecule has 1 unspecified atom stereocenters. The maximum absolute atomic E-state index is 13.0. The van der Waals surface area contributed by atoms with Crippen molar-refractivity contribution in [2.75, 3.05) is 39.3 Å². The Kier molecular flexibility index (Phi) is 6.04. The van der Waals surface area contributed by atoms with Gasteiger partial charge in [0.1, 0.15) is 0 Å². The fraction of sp³-hybridized carbons (Fsp3) is 0.696. The Balaban J connectivity index is 1.26. The zero-order valence-electron chi connectivity index (χ0n) is 17.0. The number of carbonyl (C=O) groups excluding carboxylic acids is 1. The van der Waals surface area contributed by atoms with Crippen molar-refractivity contribution in [3.05, 3.63) is 35.9 Å². The van der Waals surface area contributed by atoms with Crippen LogP contribution in [0.1, 0.15) is 50.5 Å². The summed E-state index contributed by atoms with van der Waals surface area (Å²) >= 11 is 0. The maximum Gasteiger partial charge on any atom is 0.255 e. The fourth-order valence-electron chi connectivity index (χ4n) is 5.58. The molecular weight excluding hydrogens is 350 g/mol. The minimum absolute atomic E-state index is 0.0773. The van der Waals surface area contributed by atoms with Crippen LogP contribution in [0.15, 0.2) is 30.3 Å². The normalized spacial score (nSPS) is 27.3. The lowest BCUT2D eigenvalue weighted by molar-refractivity contribution is -0.156. The van der Waals surface area contributed by atoms with Gasteiger partial charge in [-0.1, -0.05) is 30.3 Å².